The Morgan fingerprint density at radius 2 is 1.71 bits per heavy atom. The predicted octanol–water partition coefficient (Wildman–Crippen LogP) is 5.06. The van der Waals surface area contributed by atoms with Gasteiger partial charge in [0.1, 0.15) is 11.6 Å². The molecule has 3 N–H and O–H groups in total. The van der Waals surface area contributed by atoms with Crippen molar-refractivity contribution in [3.05, 3.63) is 114 Å². The van der Waals surface area contributed by atoms with Gasteiger partial charge in [0.2, 0.25) is 11.8 Å². The van der Waals surface area contributed by atoms with Crippen LogP contribution in [0.5, 0.6) is 5.88 Å². The average molecular weight is 543 g/mol. The molecule has 41 heavy (non-hydrogen) atoms. The maximum Gasteiger partial charge on any atom is 0.266 e. The fraction of sp³-hybridized carbons (Fsp3) is 0.0968. The number of benzene rings is 2. The number of nitrogen functional groups attached to an aromatic ring is 1. The van der Waals surface area contributed by atoms with Crippen molar-refractivity contribution in [2.24, 2.45) is 0 Å². The Labute approximate surface area is 235 Å². The van der Waals surface area contributed by atoms with Gasteiger partial charge in [-0.05, 0) is 54.4 Å². The third kappa shape index (κ3) is 4.94. The topological polar surface area (TPSA) is 134 Å². The van der Waals surface area contributed by atoms with Crippen LogP contribution in [0.15, 0.2) is 102 Å². The summed E-state index contributed by atoms with van der Waals surface area (Å²) in [6.45, 7) is 1.92. The molecule has 4 aromatic heterocycles. The fourth-order valence-electron chi connectivity index (χ4n) is 4.78. The molecule has 6 aromatic rings. The summed E-state index contributed by atoms with van der Waals surface area (Å²) in [5, 5.41) is 3.90. The Morgan fingerprint density at radius 1 is 0.878 bits per heavy atom. The first-order valence-electron chi connectivity index (χ1n) is 13.0. The fourth-order valence-corrected chi connectivity index (χ4v) is 4.78. The second-order valence-electron chi connectivity index (χ2n) is 9.30. The van der Waals surface area contributed by atoms with E-state index in [1.54, 1.807) is 36.3 Å². The molecule has 10 nitrogen and oxygen atoms in total. The molecule has 0 unspecified atom stereocenters. The molecule has 0 amide bonds. The van der Waals surface area contributed by atoms with Gasteiger partial charge in [0.15, 0.2) is 0 Å². The summed E-state index contributed by atoms with van der Waals surface area (Å²) < 4.78 is 6.96. The second kappa shape index (κ2) is 10.9. The molecule has 0 radical (unpaired) electrons. The van der Waals surface area contributed by atoms with E-state index < -0.39 is 6.04 Å². The van der Waals surface area contributed by atoms with Gasteiger partial charge in [0, 0.05) is 24.7 Å². The van der Waals surface area contributed by atoms with E-state index in [0.717, 1.165) is 11.1 Å². The number of hydrogen-bond donors (Lipinski definition) is 2. The van der Waals surface area contributed by atoms with Crippen LogP contribution >= 0.6 is 0 Å². The number of aromatic nitrogens is 6. The van der Waals surface area contributed by atoms with Crippen molar-refractivity contribution in [1.82, 2.24) is 29.5 Å². The van der Waals surface area contributed by atoms with Gasteiger partial charge in [-0.1, -0.05) is 36.4 Å². The highest BCUT2D eigenvalue weighted by Crippen LogP contribution is 2.31. The van der Waals surface area contributed by atoms with E-state index in [4.69, 9.17) is 15.5 Å². The Balaban J connectivity index is 1.54. The van der Waals surface area contributed by atoms with Crippen LogP contribution in [-0.2, 0) is 0 Å². The van der Waals surface area contributed by atoms with E-state index in [1.165, 1.54) is 0 Å². The van der Waals surface area contributed by atoms with Crippen LogP contribution in [0.4, 0.5) is 11.8 Å². The van der Waals surface area contributed by atoms with Crippen LogP contribution in [-0.4, -0.2) is 36.6 Å². The van der Waals surface area contributed by atoms with Crippen LogP contribution < -0.4 is 21.3 Å². The number of ether oxygens (including phenoxy) is 1. The van der Waals surface area contributed by atoms with Gasteiger partial charge in [-0.15, -0.1) is 0 Å². The van der Waals surface area contributed by atoms with Crippen molar-refractivity contribution >= 4 is 22.7 Å². The first-order chi connectivity index (χ1) is 20.0. The molecule has 0 aliphatic rings. The van der Waals surface area contributed by atoms with Crippen molar-refractivity contribution in [1.29, 1.82) is 0 Å². The van der Waals surface area contributed by atoms with Crippen LogP contribution in [0.2, 0.25) is 0 Å². The molecule has 1 atom stereocenters. The lowest BCUT2D eigenvalue weighted by Crippen LogP contribution is -2.28. The van der Waals surface area contributed by atoms with E-state index in [2.05, 4.69) is 25.3 Å². The highest BCUT2D eigenvalue weighted by molar-refractivity contribution is 5.94. The molecule has 6 rings (SSSR count). The maximum atomic E-state index is 14.4. The zero-order chi connectivity index (χ0) is 28.3. The standard InChI is InChI=1S/C31H26N8O2/c1-19(36-28-23(18-35-31(32)38-28)24-12-6-7-15-33-24)29-37-25-13-8-11-22(20-14-16-34-26(17-20)41-2)27(25)30(40)39(29)21-9-4-3-5-10-21/h3-19H,1-2H3,(H3,32,35,36,38)/t19-/m1/s1. The SMILES string of the molecule is COc1cc(-c2cccc3nc([C@@H](C)Nc4nc(N)ncc4-c4ccccn4)n(-c4ccccc4)c(=O)c23)ccn1. The molecule has 0 aliphatic heterocycles. The van der Waals surface area contributed by atoms with E-state index >= 15 is 0 Å². The number of nitrogens with two attached hydrogens (primary N) is 1. The number of fused-ring (bicyclic) bond motifs is 1. The first-order valence-corrected chi connectivity index (χ1v) is 13.0. The van der Waals surface area contributed by atoms with Crippen molar-refractivity contribution in [2.75, 3.05) is 18.2 Å². The summed E-state index contributed by atoms with van der Waals surface area (Å²) in [6.07, 6.45) is 4.99. The second-order valence-corrected chi connectivity index (χ2v) is 9.30. The quantitative estimate of drug-likeness (QED) is 0.284. The summed E-state index contributed by atoms with van der Waals surface area (Å²) in [4.78, 5) is 36.7. The third-order valence-electron chi connectivity index (χ3n) is 6.68. The molecular weight excluding hydrogens is 516 g/mol. The van der Waals surface area contributed by atoms with Gasteiger partial charge < -0.3 is 15.8 Å². The van der Waals surface area contributed by atoms with Crippen LogP contribution in [0, 0.1) is 0 Å². The monoisotopic (exact) mass is 542 g/mol. The molecule has 4 heterocycles. The van der Waals surface area contributed by atoms with Crippen molar-refractivity contribution < 1.29 is 4.74 Å². The lowest BCUT2D eigenvalue weighted by molar-refractivity contribution is 0.398. The molecule has 2 aromatic carbocycles. The summed E-state index contributed by atoms with van der Waals surface area (Å²) in [5.41, 5.74) is 9.91. The van der Waals surface area contributed by atoms with Gasteiger partial charge in [0.25, 0.3) is 5.56 Å². The molecule has 0 saturated heterocycles. The molecule has 0 fully saturated rings. The molecule has 0 aliphatic carbocycles. The summed E-state index contributed by atoms with van der Waals surface area (Å²) >= 11 is 0. The summed E-state index contributed by atoms with van der Waals surface area (Å²) in [6, 6.07) is 23.8. The summed E-state index contributed by atoms with van der Waals surface area (Å²) in [5.74, 6) is 1.56. The van der Waals surface area contributed by atoms with Crippen molar-refractivity contribution in [2.45, 2.75) is 13.0 Å². The van der Waals surface area contributed by atoms with E-state index in [-0.39, 0.29) is 11.5 Å². The number of rotatable bonds is 7. The minimum atomic E-state index is -0.464. The number of anilines is 2. The van der Waals surface area contributed by atoms with Gasteiger partial charge >= 0.3 is 0 Å². The third-order valence-corrected chi connectivity index (χ3v) is 6.68. The van der Waals surface area contributed by atoms with Crippen LogP contribution in [0.3, 0.4) is 0 Å². The average Bonchev–Trinajstić information content (AvgIpc) is 3.01. The van der Waals surface area contributed by atoms with Crippen LogP contribution in [0.25, 0.3) is 39.0 Å². The number of nitrogens with zero attached hydrogens (tertiary/aromatic N) is 6. The van der Waals surface area contributed by atoms with Crippen molar-refractivity contribution in [3.63, 3.8) is 0 Å². The number of pyridine rings is 2. The zero-order valence-electron chi connectivity index (χ0n) is 22.4. The van der Waals surface area contributed by atoms with Gasteiger partial charge in [-0.3, -0.25) is 14.3 Å². The minimum absolute atomic E-state index is 0.115. The van der Waals surface area contributed by atoms with Crippen molar-refractivity contribution in [3.8, 4) is 34.0 Å². The maximum absolute atomic E-state index is 14.4. The van der Waals surface area contributed by atoms with Crippen LogP contribution in [0.1, 0.15) is 18.8 Å². The molecule has 0 bridgehead atoms. The number of hydrogen-bond acceptors (Lipinski definition) is 9. The number of methoxy groups -OCH3 is 1. The molecule has 202 valence electrons. The van der Waals surface area contributed by atoms with Gasteiger partial charge in [-0.2, -0.15) is 4.98 Å². The van der Waals surface area contributed by atoms with E-state index in [9.17, 15) is 4.79 Å². The Morgan fingerprint density at radius 3 is 2.49 bits per heavy atom. The highest BCUT2D eigenvalue weighted by Gasteiger charge is 2.22. The molecule has 10 heteroatoms. The number of para-hydroxylation sites is 1. The summed E-state index contributed by atoms with van der Waals surface area (Å²) in [7, 11) is 1.56. The minimum Gasteiger partial charge on any atom is -0.481 e. The zero-order valence-corrected chi connectivity index (χ0v) is 22.4. The lowest BCUT2D eigenvalue weighted by Gasteiger charge is -2.22. The molecule has 0 spiro atoms. The van der Waals surface area contributed by atoms with Gasteiger partial charge in [0.05, 0.1) is 41.0 Å². The highest BCUT2D eigenvalue weighted by atomic mass is 16.5. The predicted molar refractivity (Wildman–Crippen MR) is 159 cm³/mol. The molecular formula is C31H26N8O2. The van der Waals surface area contributed by atoms with Gasteiger partial charge in [-0.25, -0.2) is 15.0 Å². The lowest BCUT2D eigenvalue weighted by atomic mass is 10.0. The van der Waals surface area contributed by atoms with E-state index in [1.807, 2.05) is 79.7 Å². The smallest absolute Gasteiger partial charge is 0.266 e. The Bertz CT molecular complexity index is 1910. The Kier molecular flexibility index (Phi) is 6.78. The first kappa shape index (κ1) is 25.6. The number of nitrogens with one attached hydrogen (secondary N) is 1. The van der Waals surface area contributed by atoms with E-state index in [0.29, 0.717) is 45.4 Å². The molecule has 0 saturated carbocycles. The Hall–Kier alpha value is -5.64. The normalized spacial score (nSPS) is 11.8. The largest absolute Gasteiger partial charge is 0.481 e.